The number of pyridine rings is 1. The molecule has 1 N–H and O–H groups in total. The van der Waals surface area contributed by atoms with Gasteiger partial charge in [0.15, 0.2) is 11.5 Å². The Hall–Kier alpha value is -4.98. The maximum Gasteiger partial charge on any atom is 0.254 e. The number of ether oxygens (including phenoxy) is 2. The summed E-state index contributed by atoms with van der Waals surface area (Å²) in [7, 11) is 1.53. The van der Waals surface area contributed by atoms with Gasteiger partial charge in [-0.15, -0.1) is 0 Å². The average molecular weight is 586 g/mol. The number of carbonyl (C=O) groups excluding carboxylic acids is 3. The van der Waals surface area contributed by atoms with Gasteiger partial charge in [-0.2, -0.15) is 5.26 Å². The first-order chi connectivity index (χ1) is 20.9. The third-order valence-electron chi connectivity index (χ3n) is 7.79. The predicted molar refractivity (Wildman–Crippen MR) is 154 cm³/mol. The number of likely N-dealkylation sites (tertiary alicyclic amines) is 1. The van der Waals surface area contributed by atoms with Crippen LogP contribution in [0.3, 0.4) is 0 Å². The van der Waals surface area contributed by atoms with E-state index in [1.807, 2.05) is 24.3 Å². The van der Waals surface area contributed by atoms with E-state index < -0.39 is 17.6 Å². The van der Waals surface area contributed by atoms with Crippen LogP contribution in [-0.2, 0) is 16.0 Å². The van der Waals surface area contributed by atoms with Gasteiger partial charge in [0.05, 0.1) is 37.6 Å². The molecule has 2 aromatic carbocycles. The molecule has 3 aromatic rings. The van der Waals surface area contributed by atoms with E-state index in [9.17, 15) is 24.0 Å². The van der Waals surface area contributed by atoms with E-state index in [1.54, 1.807) is 29.4 Å². The lowest BCUT2D eigenvalue weighted by atomic mass is 9.88. The molecule has 3 heterocycles. The average Bonchev–Trinajstić information content (AvgIpc) is 3.47. The first-order valence-electron chi connectivity index (χ1n) is 14.1. The summed E-state index contributed by atoms with van der Waals surface area (Å²) in [5.74, 6) is -1.19. The fraction of sp³-hybridized carbons (Fsp3) is 0.344. The standard InChI is InChI=1S/C32H32FN5O5/c1-42-28-6-5-23-16-29(28)43-11-10-37(32(41)24-12-22(17-34)13-25(33)15-24)9-3-8-36-31(40)27-20-38(19-26(23)27)30(39)14-21-4-2-7-35-18-21/h2,4-7,12-13,15-16,18,26-27H,3,8-11,14,19-20H2,1H3,(H,36,40)/t26-,27+/m1/s1. The number of methoxy groups -OCH3 is 1. The van der Waals surface area contributed by atoms with Crippen molar-refractivity contribution in [2.24, 2.45) is 5.92 Å². The molecule has 2 aliphatic rings. The summed E-state index contributed by atoms with van der Waals surface area (Å²) < 4.78 is 25.7. The van der Waals surface area contributed by atoms with Crippen LogP contribution in [0.5, 0.6) is 11.5 Å². The Labute approximate surface area is 249 Å². The van der Waals surface area contributed by atoms with Gasteiger partial charge in [0, 0.05) is 50.1 Å². The molecule has 0 spiro atoms. The largest absolute Gasteiger partial charge is 0.493 e. The van der Waals surface area contributed by atoms with Crippen molar-refractivity contribution >= 4 is 17.7 Å². The second-order valence-corrected chi connectivity index (χ2v) is 10.6. The number of benzene rings is 2. The van der Waals surface area contributed by atoms with Gasteiger partial charge in [-0.05, 0) is 53.9 Å². The van der Waals surface area contributed by atoms with Crippen molar-refractivity contribution in [3.8, 4) is 17.6 Å². The first kappa shape index (κ1) is 29.5. The Morgan fingerprint density at radius 1 is 1.14 bits per heavy atom. The summed E-state index contributed by atoms with van der Waals surface area (Å²) in [4.78, 5) is 47.4. The highest BCUT2D eigenvalue weighted by Gasteiger charge is 2.40. The van der Waals surface area contributed by atoms with Gasteiger partial charge >= 0.3 is 0 Å². The number of halogens is 1. The number of rotatable bonds is 4. The van der Waals surface area contributed by atoms with Crippen LogP contribution < -0.4 is 14.8 Å². The maximum absolute atomic E-state index is 14.1. The van der Waals surface area contributed by atoms with Crippen LogP contribution in [-0.4, -0.2) is 78.9 Å². The number of amides is 3. The quantitative estimate of drug-likeness (QED) is 0.499. The van der Waals surface area contributed by atoms with E-state index >= 15 is 0 Å². The third kappa shape index (κ3) is 6.92. The minimum Gasteiger partial charge on any atom is -0.493 e. The molecule has 1 saturated heterocycles. The molecular weight excluding hydrogens is 553 g/mol. The van der Waals surface area contributed by atoms with Gasteiger partial charge in [0.1, 0.15) is 12.4 Å². The zero-order chi connectivity index (χ0) is 30.3. The predicted octanol–water partition coefficient (Wildman–Crippen LogP) is 2.93. The van der Waals surface area contributed by atoms with E-state index in [4.69, 9.17) is 9.47 Å². The highest BCUT2D eigenvalue weighted by molar-refractivity contribution is 5.94. The van der Waals surface area contributed by atoms with Crippen molar-refractivity contribution in [2.45, 2.75) is 18.8 Å². The van der Waals surface area contributed by atoms with Crippen molar-refractivity contribution in [3.05, 3.63) is 89.0 Å². The highest BCUT2D eigenvalue weighted by atomic mass is 19.1. The van der Waals surface area contributed by atoms with Crippen molar-refractivity contribution in [2.75, 3.05) is 46.4 Å². The number of fused-ring (bicyclic) bond motifs is 4. The molecule has 10 nitrogen and oxygen atoms in total. The molecule has 43 heavy (non-hydrogen) atoms. The Morgan fingerprint density at radius 3 is 2.74 bits per heavy atom. The molecule has 11 heteroatoms. The van der Waals surface area contributed by atoms with Crippen molar-refractivity contribution in [3.63, 3.8) is 0 Å². The van der Waals surface area contributed by atoms with E-state index in [0.717, 1.165) is 23.3 Å². The number of aromatic nitrogens is 1. The van der Waals surface area contributed by atoms with Crippen molar-refractivity contribution < 1.29 is 28.2 Å². The van der Waals surface area contributed by atoms with Gasteiger partial charge < -0.3 is 24.6 Å². The maximum atomic E-state index is 14.1. The fourth-order valence-corrected chi connectivity index (χ4v) is 5.59. The van der Waals surface area contributed by atoms with E-state index in [1.165, 1.54) is 18.1 Å². The minimum atomic E-state index is -0.673. The second-order valence-electron chi connectivity index (χ2n) is 10.6. The Kier molecular flexibility index (Phi) is 9.15. The van der Waals surface area contributed by atoms with Gasteiger partial charge in [-0.1, -0.05) is 12.1 Å². The summed E-state index contributed by atoms with van der Waals surface area (Å²) >= 11 is 0. The topological polar surface area (TPSA) is 125 Å². The molecule has 2 bridgehead atoms. The lowest BCUT2D eigenvalue weighted by Gasteiger charge is -2.25. The number of nitriles is 1. The molecule has 2 atom stereocenters. The molecule has 222 valence electrons. The lowest BCUT2D eigenvalue weighted by molar-refractivity contribution is -0.130. The van der Waals surface area contributed by atoms with Crippen LogP contribution in [0.25, 0.3) is 0 Å². The molecule has 5 rings (SSSR count). The van der Waals surface area contributed by atoms with Crippen LogP contribution in [0.15, 0.2) is 60.9 Å². The Balaban J connectivity index is 1.38. The zero-order valence-electron chi connectivity index (χ0n) is 23.8. The number of carbonyl (C=O) groups is 3. The third-order valence-corrected chi connectivity index (χ3v) is 7.79. The van der Waals surface area contributed by atoms with Crippen LogP contribution in [0.1, 0.15) is 39.4 Å². The van der Waals surface area contributed by atoms with E-state index in [2.05, 4.69) is 10.3 Å². The smallest absolute Gasteiger partial charge is 0.254 e. The lowest BCUT2D eigenvalue weighted by Crippen LogP contribution is -2.39. The van der Waals surface area contributed by atoms with Gasteiger partial charge in [-0.25, -0.2) is 4.39 Å². The minimum absolute atomic E-state index is 0.0505. The first-order valence-corrected chi connectivity index (χ1v) is 14.1. The monoisotopic (exact) mass is 585 g/mol. The van der Waals surface area contributed by atoms with Gasteiger partial charge in [0.25, 0.3) is 5.91 Å². The number of nitrogens with zero attached hydrogens (tertiary/aromatic N) is 4. The number of nitrogens with one attached hydrogen (secondary N) is 1. The molecule has 0 unspecified atom stereocenters. The molecule has 3 amide bonds. The molecule has 0 radical (unpaired) electrons. The van der Waals surface area contributed by atoms with Crippen LogP contribution in [0, 0.1) is 23.1 Å². The zero-order valence-corrected chi connectivity index (χ0v) is 23.8. The van der Waals surface area contributed by atoms with Crippen LogP contribution in [0.4, 0.5) is 4.39 Å². The summed E-state index contributed by atoms with van der Waals surface area (Å²) in [6.45, 7) is 1.52. The number of hydrogen-bond donors (Lipinski definition) is 1. The Morgan fingerprint density at radius 2 is 1.98 bits per heavy atom. The second kappa shape index (κ2) is 13.3. The molecule has 1 aromatic heterocycles. The van der Waals surface area contributed by atoms with E-state index in [0.29, 0.717) is 31.0 Å². The van der Waals surface area contributed by atoms with Gasteiger partial charge in [0.2, 0.25) is 11.8 Å². The van der Waals surface area contributed by atoms with Crippen molar-refractivity contribution in [1.82, 2.24) is 20.1 Å². The fourth-order valence-electron chi connectivity index (χ4n) is 5.59. The summed E-state index contributed by atoms with van der Waals surface area (Å²) in [5.41, 5.74) is 1.75. The summed E-state index contributed by atoms with van der Waals surface area (Å²) in [6, 6.07) is 14.5. The molecule has 2 aliphatic heterocycles. The van der Waals surface area contributed by atoms with Gasteiger partial charge in [-0.3, -0.25) is 19.4 Å². The molecular formula is C32H32FN5O5. The van der Waals surface area contributed by atoms with Crippen LogP contribution >= 0.6 is 0 Å². The highest BCUT2D eigenvalue weighted by Crippen LogP contribution is 2.38. The molecule has 0 saturated carbocycles. The van der Waals surface area contributed by atoms with Crippen molar-refractivity contribution in [1.29, 1.82) is 5.26 Å². The molecule has 1 fully saturated rings. The molecule has 0 aliphatic carbocycles. The van der Waals surface area contributed by atoms with Crippen LogP contribution in [0.2, 0.25) is 0 Å². The normalized spacial score (nSPS) is 18.9. The SMILES string of the molecule is COc1ccc2cc1OCCN(C(=O)c1cc(F)cc(C#N)c1)CCCNC(=O)[C@H]1CN(C(=O)Cc3cccnc3)C[C@H]21. The Bertz CT molecular complexity index is 1540. The summed E-state index contributed by atoms with van der Waals surface area (Å²) in [6.07, 6.45) is 3.95. The number of hydrogen-bond acceptors (Lipinski definition) is 7. The summed E-state index contributed by atoms with van der Waals surface area (Å²) in [5, 5.41) is 12.2. The van der Waals surface area contributed by atoms with E-state index in [-0.39, 0.29) is 61.5 Å².